The lowest BCUT2D eigenvalue weighted by molar-refractivity contribution is 0.289. The SMILES string of the molecule is CCCC(C)(C)CCC1CC1. The highest BCUT2D eigenvalue weighted by atomic mass is 14.3. The summed E-state index contributed by atoms with van der Waals surface area (Å²) in [6.07, 6.45) is 8.72. The van der Waals surface area contributed by atoms with Crippen LogP contribution in [0.25, 0.3) is 0 Å². The Balaban J connectivity index is 2.09. The van der Waals surface area contributed by atoms with E-state index in [1.54, 1.807) is 0 Å². The lowest BCUT2D eigenvalue weighted by Gasteiger charge is -2.23. The molecule has 1 rings (SSSR count). The molecule has 0 radical (unpaired) electrons. The monoisotopic (exact) mass is 154 g/mol. The minimum atomic E-state index is 0.622. The molecule has 0 bridgehead atoms. The maximum absolute atomic E-state index is 2.42. The topological polar surface area (TPSA) is 0 Å². The van der Waals surface area contributed by atoms with Crippen molar-refractivity contribution < 1.29 is 0 Å². The Morgan fingerprint density at radius 1 is 1.18 bits per heavy atom. The van der Waals surface area contributed by atoms with Gasteiger partial charge in [0.2, 0.25) is 0 Å². The molecule has 0 atom stereocenters. The predicted molar refractivity (Wildman–Crippen MR) is 50.6 cm³/mol. The molecule has 1 aliphatic carbocycles. The van der Waals surface area contributed by atoms with Crippen molar-refractivity contribution in [3.8, 4) is 0 Å². The van der Waals surface area contributed by atoms with E-state index in [2.05, 4.69) is 20.8 Å². The van der Waals surface area contributed by atoms with Crippen molar-refractivity contribution in [2.75, 3.05) is 0 Å². The van der Waals surface area contributed by atoms with E-state index < -0.39 is 0 Å². The van der Waals surface area contributed by atoms with E-state index in [0.717, 1.165) is 5.92 Å². The zero-order chi connectivity index (χ0) is 8.32. The minimum absolute atomic E-state index is 0.622. The van der Waals surface area contributed by atoms with E-state index in [1.165, 1.54) is 38.5 Å². The summed E-state index contributed by atoms with van der Waals surface area (Å²) >= 11 is 0. The molecular weight excluding hydrogens is 132 g/mol. The van der Waals surface area contributed by atoms with Crippen LogP contribution in [-0.4, -0.2) is 0 Å². The van der Waals surface area contributed by atoms with E-state index >= 15 is 0 Å². The van der Waals surface area contributed by atoms with E-state index in [4.69, 9.17) is 0 Å². The van der Waals surface area contributed by atoms with Gasteiger partial charge in [-0.15, -0.1) is 0 Å². The second-order valence-electron chi connectivity index (χ2n) is 4.90. The van der Waals surface area contributed by atoms with E-state index in [-0.39, 0.29) is 0 Å². The van der Waals surface area contributed by atoms with Gasteiger partial charge in [-0.25, -0.2) is 0 Å². The summed E-state index contributed by atoms with van der Waals surface area (Å²) in [5.74, 6) is 1.12. The van der Waals surface area contributed by atoms with Crippen LogP contribution in [0.1, 0.15) is 59.3 Å². The molecule has 1 saturated carbocycles. The standard InChI is InChI=1S/C11H22/c1-4-8-11(2,3)9-7-10-5-6-10/h10H,4-9H2,1-3H3. The fraction of sp³-hybridized carbons (Fsp3) is 1.00. The summed E-state index contributed by atoms with van der Waals surface area (Å²) in [5.41, 5.74) is 0.622. The van der Waals surface area contributed by atoms with Crippen molar-refractivity contribution in [1.82, 2.24) is 0 Å². The van der Waals surface area contributed by atoms with Gasteiger partial charge in [-0.1, -0.05) is 40.0 Å². The molecule has 0 amide bonds. The number of rotatable bonds is 5. The highest BCUT2D eigenvalue weighted by Crippen LogP contribution is 2.38. The van der Waals surface area contributed by atoms with Crippen LogP contribution in [0.5, 0.6) is 0 Å². The summed E-state index contributed by atoms with van der Waals surface area (Å²) in [4.78, 5) is 0. The summed E-state index contributed by atoms with van der Waals surface area (Å²) in [6.45, 7) is 7.12. The Kier molecular flexibility index (Phi) is 2.98. The second-order valence-corrected chi connectivity index (χ2v) is 4.90. The normalized spacial score (nSPS) is 18.8. The first-order valence-corrected chi connectivity index (χ1v) is 5.14. The molecule has 11 heavy (non-hydrogen) atoms. The molecule has 0 aliphatic heterocycles. The molecule has 0 unspecified atom stereocenters. The van der Waals surface area contributed by atoms with Crippen molar-refractivity contribution in [3.63, 3.8) is 0 Å². The molecule has 0 aromatic heterocycles. The Morgan fingerprint density at radius 2 is 1.82 bits per heavy atom. The van der Waals surface area contributed by atoms with Gasteiger partial charge in [-0.05, 0) is 30.6 Å². The van der Waals surface area contributed by atoms with Crippen molar-refractivity contribution in [2.24, 2.45) is 11.3 Å². The molecule has 0 aromatic carbocycles. The molecule has 0 spiro atoms. The third-order valence-electron chi connectivity index (χ3n) is 2.85. The fourth-order valence-corrected chi connectivity index (χ4v) is 1.80. The van der Waals surface area contributed by atoms with Gasteiger partial charge in [0.1, 0.15) is 0 Å². The summed E-state index contributed by atoms with van der Waals surface area (Å²) in [5, 5.41) is 0. The Morgan fingerprint density at radius 3 is 2.27 bits per heavy atom. The Hall–Kier alpha value is 0. The van der Waals surface area contributed by atoms with Gasteiger partial charge in [-0.3, -0.25) is 0 Å². The molecule has 0 heterocycles. The van der Waals surface area contributed by atoms with Crippen LogP contribution < -0.4 is 0 Å². The van der Waals surface area contributed by atoms with Gasteiger partial charge in [-0.2, -0.15) is 0 Å². The van der Waals surface area contributed by atoms with Crippen LogP contribution in [0, 0.1) is 11.3 Å². The minimum Gasteiger partial charge on any atom is -0.0654 e. The Bertz CT molecular complexity index is 109. The molecule has 0 aromatic rings. The van der Waals surface area contributed by atoms with Crippen LogP contribution in [0.3, 0.4) is 0 Å². The van der Waals surface area contributed by atoms with Crippen LogP contribution >= 0.6 is 0 Å². The van der Waals surface area contributed by atoms with Gasteiger partial charge in [0.05, 0.1) is 0 Å². The zero-order valence-electron chi connectivity index (χ0n) is 8.32. The quantitative estimate of drug-likeness (QED) is 0.561. The van der Waals surface area contributed by atoms with Gasteiger partial charge in [0, 0.05) is 0 Å². The van der Waals surface area contributed by atoms with Gasteiger partial charge < -0.3 is 0 Å². The third-order valence-corrected chi connectivity index (χ3v) is 2.85. The van der Waals surface area contributed by atoms with E-state index in [9.17, 15) is 0 Å². The molecule has 66 valence electrons. The number of hydrogen-bond acceptors (Lipinski definition) is 0. The van der Waals surface area contributed by atoms with Crippen molar-refractivity contribution in [2.45, 2.75) is 59.3 Å². The largest absolute Gasteiger partial charge is 0.0654 e. The third kappa shape index (κ3) is 3.79. The van der Waals surface area contributed by atoms with Crippen LogP contribution in [0.15, 0.2) is 0 Å². The molecule has 0 saturated heterocycles. The average molecular weight is 154 g/mol. The van der Waals surface area contributed by atoms with Gasteiger partial charge >= 0.3 is 0 Å². The van der Waals surface area contributed by atoms with Crippen LogP contribution in [0.4, 0.5) is 0 Å². The lowest BCUT2D eigenvalue weighted by Crippen LogP contribution is -2.10. The van der Waals surface area contributed by atoms with E-state index in [1.807, 2.05) is 0 Å². The second kappa shape index (κ2) is 3.60. The predicted octanol–water partition coefficient (Wildman–Crippen LogP) is 4.00. The van der Waals surface area contributed by atoms with Crippen molar-refractivity contribution in [1.29, 1.82) is 0 Å². The van der Waals surface area contributed by atoms with Crippen LogP contribution in [0.2, 0.25) is 0 Å². The molecule has 1 aliphatic rings. The Labute approximate surface area is 71.4 Å². The fourth-order valence-electron chi connectivity index (χ4n) is 1.80. The van der Waals surface area contributed by atoms with Crippen molar-refractivity contribution >= 4 is 0 Å². The molecule has 0 nitrogen and oxygen atoms in total. The van der Waals surface area contributed by atoms with Crippen molar-refractivity contribution in [3.05, 3.63) is 0 Å². The summed E-state index contributed by atoms with van der Waals surface area (Å²) < 4.78 is 0. The van der Waals surface area contributed by atoms with E-state index in [0.29, 0.717) is 5.41 Å². The van der Waals surface area contributed by atoms with Crippen LogP contribution in [-0.2, 0) is 0 Å². The lowest BCUT2D eigenvalue weighted by atomic mass is 9.83. The first-order valence-electron chi connectivity index (χ1n) is 5.14. The zero-order valence-corrected chi connectivity index (χ0v) is 8.32. The highest BCUT2D eigenvalue weighted by Gasteiger charge is 2.25. The molecule has 0 heteroatoms. The highest BCUT2D eigenvalue weighted by molar-refractivity contribution is 4.77. The molecule has 1 fully saturated rings. The van der Waals surface area contributed by atoms with Gasteiger partial charge in [0.15, 0.2) is 0 Å². The first kappa shape index (κ1) is 9.09. The molecule has 0 N–H and O–H groups in total. The number of hydrogen-bond donors (Lipinski definition) is 0. The smallest absolute Gasteiger partial charge is 0.0354 e. The first-order chi connectivity index (χ1) is 5.14. The maximum Gasteiger partial charge on any atom is -0.0354 e. The summed E-state index contributed by atoms with van der Waals surface area (Å²) in [7, 11) is 0. The van der Waals surface area contributed by atoms with Gasteiger partial charge in [0.25, 0.3) is 0 Å². The average Bonchev–Trinajstić information content (AvgIpc) is 2.65. The molecular formula is C11H22. The maximum atomic E-state index is 2.42. The summed E-state index contributed by atoms with van der Waals surface area (Å²) in [6, 6.07) is 0.